The molecule has 4 rings (SSSR count). The Balaban J connectivity index is 1.94. The molecule has 0 amide bonds. The van der Waals surface area contributed by atoms with Gasteiger partial charge >= 0.3 is 11.6 Å². The number of ether oxygens (including phenoxy) is 2. The van der Waals surface area contributed by atoms with Crippen molar-refractivity contribution in [1.29, 1.82) is 0 Å². The van der Waals surface area contributed by atoms with E-state index in [1.165, 1.54) is 12.1 Å². The molecule has 6 heteroatoms. The number of rotatable bonds is 3. The maximum absolute atomic E-state index is 12.7. The van der Waals surface area contributed by atoms with Gasteiger partial charge in [-0.2, -0.15) is 0 Å². The second-order valence-electron chi connectivity index (χ2n) is 5.99. The van der Waals surface area contributed by atoms with Gasteiger partial charge in [0.05, 0.1) is 23.5 Å². The van der Waals surface area contributed by atoms with Gasteiger partial charge in [0.1, 0.15) is 17.1 Å². The number of benzene rings is 2. The normalized spacial score (nSPS) is 18.3. The summed E-state index contributed by atoms with van der Waals surface area (Å²) in [5, 5.41) is 10.2. The Morgan fingerprint density at radius 2 is 1.88 bits per heavy atom. The molecule has 1 aromatic heterocycles. The summed E-state index contributed by atoms with van der Waals surface area (Å²) in [4.78, 5) is 25.1. The first-order valence-electron chi connectivity index (χ1n) is 8.28. The van der Waals surface area contributed by atoms with Gasteiger partial charge in [0.15, 0.2) is 0 Å². The van der Waals surface area contributed by atoms with Gasteiger partial charge in [0, 0.05) is 0 Å². The quantitative estimate of drug-likeness (QED) is 0.576. The van der Waals surface area contributed by atoms with E-state index >= 15 is 0 Å². The van der Waals surface area contributed by atoms with E-state index in [0.29, 0.717) is 22.3 Å². The van der Waals surface area contributed by atoms with Crippen molar-refractivity contribution in [2.45, 2.75) is 18.9 Å². The van der Waals surface area contributed by atoms with E-state index in [-0.39, 0.29) is 17.9 Å². The summed E-state index contributed by atoms with van der Waals surface area (Å²) in [5.74, 6) is -0.796. The lowest BCUT2D eigenvalue weighted by Crippen LogP contribution is -2.32. The SMILES string of the molecule is CCOC(=O)[C@H]1Oc2c(c(=O)oc3ccccc23)[C@H]1c1ccc(O)cc1. The summed E-state index contributed by atoms with van der Waals surface area (Å²) in [5.41, 5.74) is 0.781. The second-order valence-corrected chi connectivity index (χ2v) is 5.99. The van der Waals surface area contributed by atoms with Crippen LogP contribution in [0, 0.1) is 0 Å². The van der Waals surface area contributed by atoms with Crippen LogP contribution in [0.1, 0.15) is 24.0 Å². The van der Waals surface area contributed by atoms with E-state index in [1.807, 2.05) is 0 Å². The fourth-order valence-corrected chi connectivity index (χ4v) is 3.31. The van der Waals surface area contributed by atoms with E-state index in [2.05, 4.69) is 0 Å². The third-order valence-corrected chi connectivity index (χ3v) is 4.43. The highest BCUT2D eigenvalue weighted by Gasteiger charge is 2.45. The molecule has 132 valence electrons. The Kier molecular flexibility index (Phi) is 3.88. The summed E-state index contributed by atoms with van der Waals surface area (Å²) >= 11 is 0. The Morgan fingerprint density at radius 1 is 1.15 bits per heavy atom. The second kappa shape index (κ2) is 6.22. The number of carbonyl (C=O) groups excluding carboxylic acids is 1. The highest BCUT2D eigenvalue weighted by molar-refractivity contribution is 5.88. The van der Waals surface area contributed by atoms with E-state index in [9.17, 15) is 14.7 Å². The van der Waals surface area contributed by atoms with E-state index in [1.54, 1.807) is 43.3 Å². The molecule has 0 saturated heterocycles. The van der Waals surface area contributed by atoms with Gasteiger partial charge in [0.25, 0.3) is 0 Å². The monoisotopic (exact) mass is 352 g/mol. The molecule has 2 atom stereocenters. The molecule has 2 aromatic carbocycles. The third kappa shape index (κ3) is 2.50. The molecule has 2 heterocycles. The van der Waals surface area contributed by atoms with Crippen molar-refractivity contribution in [2.75, 3.05) is 6.61 Å². The van der Waals surface area contributed by atoms with Gasteiger partial charge in [-0.05, 0) is 36.8 Å². The number of para-hydroxylation sites is 1. The molecule has 6 nitrogen and oxygen atoms in total. The molecule has 0 radical (unpaired) electrons. The van der Waals surface area contributed by atoms with Crippen LogP contribution in [0.4, 0.5) is 0 Å². The molecule has 0 fully saturated rings. The molecule has 1 aliphatic heterocycles. The topological polar surface area (TPSA) is 86.0 Å². The first-order chi connectivity index (χ1) is 12.6. The minimum Gasteiger partial charge on any atom is -0.508 e. The van der Waals surface area contributed by atoms with Crippen LogP contribution in [0.3, 0.4) is 0 Å². The number of phenols is 1. The average Bonchev–Trinajstić information content (AvgIpc) is 3.04. The molecule has 1 aliphatic rings. The highest BCUT2D eigenvalue weighted by atomic mass is 16.6. The molecule has 0 unspecified atom stereocenters. The Bertz CT molecular complexity index is 1030. The third-order valence-electron chi connectivity index (χ3n) is 4.43. The van der Waals surface area contributed by atoms with Gasteiger partial charge in [-0.1, -0.05) is 24.3 Å². The van der Waals surface area contributed by atoms with Crippen LogP contribution >= 0.6 is 0 Å². The van der Waals surface area contributed by atoms with Gasteiger partial charge < -0.3 is 19.0 Å². The van der Waals surface area contributed by atoms with Crippen LogP contribution in [-0.4, -0.2) is 23.8 Å². The molecule has 0 saturated carbocycles. The summed E-state index contributed by atoms with van der Waals surface area (Å²) in [6.45, 7) is 1.91. The maximum atomic E-state index is 12.7. The predicted molar refractivity (Wildman–Crippen MR) is 93.5 cm³/mol. The van der Waals surface area contributed by atoms with Gasteiger partial charge in [-0.3, -0.25) is 0 Å². The smallest absolute Gasteiger partial charge is 0.348 e. The predicted octanol–water partition coefficient (Wildman–Crippen LogP) is 2.95. The van der Waals surface area contributed by atoms with Crippen molar-refractivity contribution in [1.82, 2.24) is 0 Å². The number of fused-ring (bicyclic) bond motifs is 3. The Labute approximate surface area is 148 Å². The molecule has 0 spiro atoms. The van der Waals surface area contributed by atoms with Crippen molar-refractivity contribution in [3.05, 3.63) is 70.1 Å². The summed E-state index contributed by atoms with van der Waals surface area (Å²) in [7, 11) is 0. The van der Waals surface area contributed by atoms with Gasteiger partial charge in [0.2, 0.25) is 6.10 Å². The zero-order chi connectivity index (χ0) is 18.3. The van der Waals surface area contributed by atoms with Crippen molar-refractivity contribution in [2.24, 2.45) is 0 Å². The first-order valence-corrected chi connectivity index (χ1v) is 8.28. The standard InChI is InChI=1S/C20H16O6/c1-2-24-20(23)18-15(11-7-9-12(21)10-8-11)16-17(26-18)13-5-3-4-6-14(13)25-19(16)22/h3-10,15,18,21H,2H2,1H3/t15-,18+/m1/s1. The van der Waals surface area contributed by atoms with Crippen LogP contribution in [0.2, 0.25) is 0 Å². The molecule has 1 N–H and O–H groups in total. The lowest BCUT2D eigenvalue weighted by Gasteiger charge is -2.17. The van der Waals surface area contributed by atoms with Crippen LogP contribution in [0.25, 0.3) is 11.0 Å². The number of hydrogen-bond acceptors (Lipinski definition) is 6. The summed E-state index contributed by atoms with van der Waals surface area (Å²) < 4.78 is 16.5. The fraction of sp³-hybridized carbons (Fsp3) is 0.200. The first kappa shape index (κ1) is 16.2. The highest BCUT2D eigenvalue weighted by Crippen LogP contribution is 2.44. The van der Waals surface area contributed by atoms with E-state index in [4.69, 9.17) is 13.9 Å². The van der Waals surface area contributed by atoms with Crippen LogP contribution < -0.4 is 10.4 Å². The number of phenolic OH excluding ortho intramolecular Hbond substituents is 1. The minimum atomic E-state index is -0.997. The Morgan fingerprint density at radius 3 is 2.62 bits per heavy atom. The van der Waals surface area contributed by atoms with Crippen molar-refractivity contribution < 1.29 is 23.8 Å². The lowest BCUT2D eigenvalue weighted by atomic mass is 9.88. The molecular weight excluding hydrogens is 336 g/mol. The zero-order valence-corrected chi connectivity index (χ0v) is 14.0. The maximum Gasteiger partial charge on any atom is 0.348 e. The Hall–Kier alpha value is -3.28. The number of esters is 1. The molecular formula is C20H16O6. The summed E-state index contributed by atoms with van der Waals surface area (Å²) in [6, 6.07) is 13.3. The number of hydrogen-bond donors (Lipinski definition) is 1. The van der Waals surface area contributed by atoms with Crippen molar-refractivity contribution in [3.63, 3.8) is 0 Å². The zero-order valence-electron chi connectivity index (χ0n) is 14.0. The van der Waals surface area contributed by atoms with Crippen LogP contribution in [-0.2, 0) is 9.53 Å². The minimum absolute atomic E-state index is 0.0890. The van der Waals surface area contributed by atoms with E-state index < -0.39 is 23.6 Å². The van der Waals surface area contributed by atoms with Gasteiger partial charge in [-0.25, -0.2) is 9.59 Å². The number of aromatic hydroxyl groups is 1. The van der Waals surface area contributed by atoms with Crippen LogP contribution in [0.15, 0.2) is 57.7 Å². The van der Waals surface area contributed by atoms with Crippen LogP contribution in [0.5, 0.6) is 11.5 Å². The summed E-state index contributed by atoms with van der Waals surface area (Å²) in [6.07, 6.45) is -0.997. The largest absolute Gasteiger partial charge is 0.508 e. The van der Waals surface area contributed by atoms with Gasteiger partial charge in [-0.15, -0.1) is 0 Å². The van der Waals surface area contributed by atoms with Crippen molar-refractivity contribution >= 4 is 16.9 Å². The lowest BCUT2D eigenvalue weighted by molar-refractivity contribution is -0.151. The van der Waals surface area contributed by atoms with E-state index in [0.717, 1.165) is 0 Å². The number of carbonyl (C=O) groups is 1. The molecule has 26 heavy (non-hydrogen) atoms. The van der Waals surface area contributed by atoms with Crippen molar-refractivity contribution in [3.8, 4) is 11.5 Å². The fourth-order valence-electron chi connectivity index (χ4n) is 3.31. The molecule has 0 aliphatic carbocycles. The molecule has 0 bridgehead atoms. The molecule has 3 aromatic rings. The average molecular weight is 352 g/mol.